The molecule has 4 aromatic rings. The van der Waals surface area contributed by atoms with Crippen molar-refractivity contribution in [1.82, 2.24) is 19.5 Å². The number of carbonyl (C=O) groups is 1. The van der Waals surface area contributed by atoms with Gasteiger partial charge < -0.3 is 19.9 Å². The van der Waals surface area contributed by atoms with Gasteiger partial charge in [0.2, 0.25) is 11.8 Å². The number of pyridine rings is 2. The molecule has 5 rings (SSSR count). The molecule has 0 aliphatic carbocycles. The number of carbonyl (C=O) groups excluding carboxylic acids is 1. The maximum absolute atomic E-state index is 13.6. The van der Waals surface area contributed by atoms with Gasteiger partial charge in [-0.05, 0) is 43.2 Å². The Balaban J connectivity index is 1.57. The summed E-state index contributed by atoms with van der Waals surface area (Å²) in [6.45, 7) is 8.39. The monoisotopic (exact) mass is 497 g/mol. The lowest BCUT2D eigenvalue weighted by molar-refractivity contribution is -0.114. The van der Waals surface area contributed by atoms with E-state index in [0.717, 1.165) is 28.2 Å². The minimum Gasteiger partial charge on any atom is -0.481 e. The molecule has 3 aromatic heterocycles. The van der Waals surface area contributed by atoms with Crippen LogP contribution in [0.1, 0.15) is 11.1 Å². The predicted octanol–water partition coefficient (Wildman–Crippen LogP) is 3.76. The fraction of sp³-hybridized carbons (Fsp3) is 0.222. The minimum absolute atomic E-state index is 0.169. The molecule has 0 radical (unpaired) electrons. The molecule has 37 heavy (non-hydrogen) atoms. The minimum atomic E-state index is -0.199. The second-order valence-electron chi connectivity index (χ2n) is 8.82. The van der Waals surface area contributed by atoms with E-state index in [1.54, 1.807) is 43.6 Å². The molecule has 1 aliphatic heterocycles. The number of methoxy groups -OCH3 is 1. The standard InChI is InChI=1S/C27H27N7O3/c1-6-23(35)34-11-10-33(20-9-7-8-16(2)24(20)34)21-12-18-15-29-27(31-25(18)32(4)26(21)36)30-19-13-22(37-5)28-14-17(19)3/h6-9,12-15H,1,10-11H2,2-5H3,(H,28,29,30,31). The van der Waals surface area contributed by atoms with Crippen LogP contribution in [0, 0.1) is 13.8 Å². The number of ether oxygens (including phenoxy) is 1. The number of fused-ring (bicyclic) bond motifs is 2. The molecular weight excluding hydrogens is 470 g/mol. The van der Waals surface area contributed by atoms with Gasteiger partial charge in [0.25, 0.3) is 11.5 Å². The van der Waals surface area contributed by atoms with Crippen molar-refractivity contribution in [2.24, 2.45) is 7.05 Å². The van der Waals surface area contributed by atoms with Crippen molar-refractivity contribution < 1.29 is 9.53 Å². The zero-order valence-corrected chi connectivity index (χ0v) is 21.1. The molecule has 0 saturated carbocycles. The first-order valence-corrected chi connectivity index (χ1v) is 11.8. The van der Waals surface area contributed by atoms with Crippen LogP contribution in [0.2, 0.25) is 0 Å². The van der Waals surface area contributed by atoms with Crippen LogP contribution in [-0.2, 0) is 11.8 Å². The quantitative estimate of drug-likeness (QED) is 0.416. The predicted molar refractivity (Wildman–Crippen MR) is 144 cm³/mol. The molecule has 10 nitrogen and oxygen atoms in total. The summed E-state index contributed by atoms with van der Waals surface area (Å²) in [7, 11) is 3.25. The Kier molecular flexibility index (Phi) is 6.08. The third kappa shape index (κ3) is 4.16. The van der Waals surface area contributed by atoms with Crippen molar-refractivity contribution in [3.8, 4) is 5.88 Å². The number of nitrogens with one attached hydrogen (secondary N) is 1. The van der Waals surface area contributed by atoms with Crippen molar-refractivity contribution in [1.29, 1.82) is 0 Å². The van der Waals surface area contributed by atoms with E-state index < -0.39 is 0 Å². The molecule has 0 unspecified atom stereocenters. The number of nitrogens with zero attached hydrogens (tertiary/aromatic N) is 6. The highest BCUT2D eigenvalue weighted by Gasteiger charge is 2.29. The average molecular weight is 498 g/mol. The van der Waals surface area contributed by atoms with Crippen molar-refractivity contribution >= 4 is 45.6 Å². The molecule has 0 spiro atoms. The Labute approximate surface area is 213 Å². The number of amides is 1. The Hall–Kier alpha value is -4.73. The molecule has 0 bridgehead atoms. The average Bonchev–Trinajstić information content (AvgIpc) is 2.91. The fourth-order valence-corrected chi connectivity index (χ4v) is 4.58. The van der Waals surface area contributed by atoms with Gasteiger partial charge in [-0.25, -0.2) is 9.97 Å². The zero-order chi connectivity index (χ0) is 26.3. The number of hydrogen-bond donors (Lipinski definition) is 1. The van der Waals surface area contributed by atoms with E-state index in [2.05, 4.69) is 26.8 Å². The largest absolute Gasteiger partial charge is 0.481 e. The van der Waals surface area contributed by atoms with Gasteiger partial charge in [-0.2, -0.15) is 4.98 Å². The number of aryl methyl sites for hydroxylation is 3. The van der Waals surface area contributed by atoms with Gasteiger partial charge in [0.05, 0.1) is 24.2 Å². The second kappa shape index (κ2) is 9.38. The third-order valence-electron chi connectivity index (χ3n) is 6.52. The lowest BCUT2D eigenvalue weighted by Gasteiger charge is -2.38. The molecular formula is C27H27N7O3. The van der Waals surface area contributed by atoms with Gasteiger partial charge in [-0.3, -0.25) is 14.2 Å². The lowest BCUT2D eigenvalue weighted by atomic mass is 10.1. The summed E-state index contributed by atoms with van der Waals surface area (Å²) in [6, 6.07) is 9.36. The van der Waals surface area contributed by atoms with E-state index >= 15 is 0 Å². The van der Waals surface area contributed by atoms with Crippen LogP contribution in [-0.4, -0.2) is 45.6 Å². The van der Waals surface area contributed by atoms with E-state index in [1.807, 2.05) is 36.9 Å². The maximum Gasteiger partial charge on any atom is 0.275 e. The number of aromatic nitrogens is 4. The van der Waals surface area contributed by atoms with E-state index in [9.17, 15) is 9.59 Å². The zero-order valence-electron chi connectivity index (χ0n) is 21.1. The Morgan fingerprint density at radius 3 is 2.68 bits per heavy atom. The summed E-state index contributed by atoms with van der Waals surface area (Å²) in [5, 5.41) is 3.90. The smallest absolute Gasteiger partial charge is 0.275 e. The van der Waals surface area contributed by atoms with E-state index in [0.29, 0.717) is 41.6 Å². The first kappa shape index (κ1) is 24.0. The molecule has 4 heterocycles. The topological polar surface area (TPSA) is 105 Å². The van der Waals surface area contributed by atoms with Crippen LogP contribution in [0.3, 0.4) is 0 Å². The van der Waals surface area contributed by atoms with E-state index in [-0.39, 0.29) is 11.5 Å². The first-order chi connectivity index (χ1) is 17.8. The van der Waals surface area contributed by atoms with E-state index in [1.165, 1.54) is 10.6 Å². The maximum atomic E-state index is 13.6. The highest BCUT2D eigenvalue weighted by Crippen LogP contribution is 2.39. The number of rotatable bonds is 5. The summed E-state index contributed by atoms with van der Waals surface area (Å²) in [5.41, 5.74) is 4.95. The number of anilines is 5. The summed E-state index contributed by atoms with van der Waals surface area (Å²) in [6.07, 6.45) is 4.70. The summed E-state index contributed by atoms with van der Waals surface area (Å²) < 4.78 is 6.74. The van der Waals surface area contributed by atoms with Crippen LogP contribution in [0.25, 0.3) is 11.0 Å². The Bertz CT molecular complexity index is 1610. The molecule has 1 aliphatic rings. The van der Waals surface area contributed by atoms with Crippen molar-refractivity contribution in [2.45, 2.75) is 13.8 Å². The molecule has 1 N–H and O–H groups in total. The molecule has 0 fully saturated rings. The van der Waals surface area contributed by atoms with Gasteiger partial charge >= 0.3 is 0 Å². The Morgan fingerprint density at radius 2 is 1.92 bits per heavy atom. The molecule has 0 atom stereocenters. The van der Waals surface area contributed by atoms with Crippen molar-refractivity contribution in [3.63, 3.8) is 0 Å². The van der Waals surface area contributed by atoms with Gasteiger partial charge in [-0.1, -0.05) is 18.7 Å². The summed E-state index contributed by atoms with van der Waals surface area (Å²) in [5.74, 6) is 0.651. The molecule has 1 amide bonds. The highest BCUT2D eigenvalue weighted by molar-refractivity contribution is 6.05. The number of para-hydroxylation sites is 1. The van der Waals surface area contributed by atoms with Gasteiger partial charge in [0.1, 0.15) is 11.3 Å². The summed E-state index contributed by atoms with van der Waals surface area (Å²) >= 11 is 0. The normalized spacial score (nSPS) is 12.9. The first-order valence-electron chi connectivity index (χ1n) is 11.8. The summed E-state index contributed by atoms with van der Waals surface area (Å²) in [4.78, 5) is 43.0. The third-order valence-corrected chi connectivity index (χ3v) is 6.52. The SMILES string of the molecule is C=CC(=O)N1CCN(c2cc3cnc(Nc4cc(OC)ncc4C)nc3n(C)c2=O)c2cccc(C)c21. The molecule has 188 valence electrons. The molecule has 1 aromatic carbocycles. The van der Waals surface area contributed by atoms with Crippen LogP contribution < -0.4 is 25.4 Å². The highest BCUT2D eigenvalue weighted by atomic mass is 16.5. The molecule has 0 saturated heterocycles. The second-order valence-corrected chi connectivity index (χ2v) is 8.82. The number of benzene rings is 1. The van der Waals surface area contributed by atoms with Gasteiger partial charge in [0.15, 0.2) is 0 Å². The lowest BCUT2D eigenvalue weighted by Crippen LogP contribution is -2.43. The molecule has 10 heteroatoms. The van der Waals surface area contributed by atoms with Gasteiger partial charge in [0, 0.05) is 44.0 Å². The Morgan fingerprint density at radius 1 is 1.11 bits per heavy atom. The van der Waals surface area contributed by atoms with Crippen LogP contribution in [0.15, 0.2) is 60.2 Å². The van der Waals surface area contributed by atoms with Crippen molar-refractivity contribution in [2.75, 3.05) is 35.3 Å². The van der Waals surface area contributed by atoms with Gasteiger partial charge in [-0.15, -0.1) is 0 Å². The van der Waals surface area contributed by atoms with Crippen LogP contribution >= 0.6 is 0 Å². The van der Waals surface area contributed by atoms with E-state index in [4.69, 9.17) is 4.74 Å². The van der Waals surface area contributed by atoms with Crippen LogP contribution in [0.5, 0.6) is 5.88 Å². The fourth-order valence-electron chi connectivity index (χ4n) is 4.58. The number of hydrogen-bond acceptors (Lipinski definition) is 8. The van der Waals surface area contributed by atoms with Crippen LogP contribution in [0.4, 0.5) is 28.7 Å². The van der Waals surface area contributed by atoms with Crippen molar-refractivity contribution in [3.05, 3.63) is 76.9 Å².